The van der Waals surface area contributed by atoms with Gasteiger partial charge in [0.1, 0.15) is 0 Å². The molecule has 0 heterocycles. The Balaban J connectivity index is 1.83. The van der Waals surface area contributed by atoms with E-state index >= 15 is 0 Å². The van der Waals surface area contributed by atoms with Crippen LogP contribution < -0.4 is 10.6 Å². The molecule has 2 rings (SSSR count). The number of nitrogens with one attached hydrogen (secondary N) is 2. The van der Waals surface area contributed by atoms with Crippen LogP contribution in [0.1, 0.15) is 58.8 Å². The molecule has 2 saturated carbocycles. The molecule has 0 aromatic rings. The molecule has 3 atom stereocenters. The van der Waals surface area contributed by atoms with Crippen LogP contribution in [0.15, 0.2) is 0 Å². The topological polar surface area (TPSA) is 78.4 Å². The molecule has 0 aliphatic heterocycles. The summed E-state index contributed by atoms with van der Waals surface area (Å²) in [4.78, 5) is 23.2. The predicted octanol–water partition coefficient (Wildman–Crippen LogP) is 2.51. The van der Waals surface area contributed by atoms with Crippen LogP contribution in [0.2, 0.25) is 0 Å². The van der Waals surface area contributed by atoms with Crippen molar-refractivity contribution in [1.82, 2.24) is 10.6 Å². The Labute approximate surface area is 120 Å². The lowest BCUT2D eigenvalue weighted by Crippen LogP contribution is -2.50. The lowest BCUT2D eigenvalue weighted by atomic mass is 9.84. The fourth-order valence-electron chi connectivity index (χ4n) is 3.55. The van der Waals surface area contributed by atoms with Crippen molar-refractivity contribution in [3.63, 3.8) is 0 Å². The van der Waals surface area contributed by atoms with E-state index in [1.165, 1.54) is 0 Å². The Morgan fingerprint density at radius 3 is 2.40 bits per heavy atom. The number of urea groups is 1. The van der Waals surface area contributed by atoms with Gasteiger partial charge in [-0.25, -0.2) is 4.79 Å². The largest absolute Gasteiger partial charge is 0.481 e. The Morgan fingerprint density at radius 1 is 1.10 bits per heavy atom. The second-order valence-electron chi connectivity index (χ2n) is 7.06. The van der Waals surface area contributed by atoms with Crippen LogP contribution in [0.5, 0.6) is 0 Å². The maximum absolute atomic E-state index is 12.0. The van der Waals surface area contributed by atoms with Gasteiger partial charge in [-0.05, 0) is 37.5 Å². The standard InChI is InChI=1S/C15H26N2O3/c1-15(2)8-7-10(9-15)16-14(20)17-12-6-4-3-5-11(12)13(18)19/h10-12H,3-9H2,1-2H3,(H,18,19)(H2,16,17,20). The molecule has 0 radical (unpaired) electrons. The molecule has 0 bridgehead atoms. The van der Waals surface area contributed by atoms with Gasteiger partial charge in [0.15, 0.2) is 0 Å². The van der Waals surface area contributed by atoms with E-state index in [0.717, 1.165) is 38.5 Å². The van der Waals surface area contributed by atoms with Crippen LogP contribution in [0.25, 0.3) is 0 Å². The van der Waals surface area contributed by atoms with Gasteiger partial charge in [-0.1, -0.05) is 26.7 Å². The second-order valence-corrected chi connectivity index (χ2v) is 7.06. The molecule has 5 nitrogen and oxygen atoms in total. The summed E-state index contributed by atoms with van der Waals surface area (Å²) in [5.41, 5.74) is 0.298. The van der Waals surface area contributed by atoms with Crippen LogP contribution in [-0.4, -0.2) is 29.2 Å². The number of rotatable bonds is 3. The zero-order valence-electron chi connectivity index (χ0n) is 12.4. The first-order valence-electron chi connectivity index (χ1n) is 7.67. The number of carboxylic acid groups (broad SMARTS) is 1. The minimum atomic E-state index is -0.794. The summed E-state index contributed by atoms with van der Waals surface area (Å²) in [5, 5.41) is 15.1. The molecular formula is C15H26N2O3. The number of hydrogen-bond acceptors (Lipinski definition) is 2. The second kappa shape index (κ2) is 6.02. The molecular weight excluding hydrogens is 256 g/mol. The molecule has 3 unspecified atom stereocenters. The number of aliphatic carboxylic acids is 1. The van der Waals surface area contributed by atoms with Crippen molar-refractivity contribution in [2.24, 2.45) is 11.3 Å². The SMILES string of the molecule is CC1(C)CCC(NC(=O)NC2CCCCC2C(=O)O)C1. The third-order valence-electron chi connectivity index (χ3n) is 4.70. The molecule has 2 aliphatic rings. The van der Waals surface area contributed by atoms with Crippen LogP contribution in [-0.2, 0) is 4.79 Å². The number of carbonyl (C=O) groups is 2. The molecule has 5 heteroatoms. The van der Waals surface area contributed by atoms with E-state index in [1.807, 2.05) is 0 Å². The van der Waals surface area contributed by atoms with Crippen LogP contribution >= 0.6 is 0 Å². The zero-order valence-corrected chi connectivity index (χ0v) is 12.4. The summed E-state index contributed by atoms with van der Waals surface area (Å²) in [6, 6.07) is -0.210. The summed E-state index contributed by atoms with van der Waals surface area (Å²) in [7, 11) is 0. The highest BCUT2D eigenvalue weighted by molar-refractivity contribution is 5.77. The highest BCUT2D eigenvalue weighted by Gasteiger charge is 2.34. The summed E-state index contributed by atoms with van der Waals surface area (Å²) < 4.78 is 0. The molecule has 20 heavy (non-hydrogen) atoms. The van der Waals surface area contributed by atoms with E-state index in [-0.39, 0.29) is 18.1 Å². The molecule has 2 aliphatic carbocycles. The number of amides is 2. The van der Waals surface area contributed by atoms with E-state index in [1.54, 1.807) is 0 Å². The van der Waals surface area contributed by atoms with Crippen molar-refractivity contribution in [2.75, 3.05) is 0 Å². The van der Waals surface area contributed by atoms with Gasteiger partial charge in [0.25, 0.3) is 0 Å². The number of carboxylic acids is 1. The van der Waals surface area contributed by atoms with Gasteiger partial charge in [0.2, 0.25) is 0 Å². The third-order valence-corrected chi connectivity index (χ3v) is 4.70. The van der Waals surface area contributed by atoms with Gasteiger partial charge in [-0.2, -0.15) is 0 Å². The lowest BCUT2D eigenvalue weighted by Gasteiger charge is -2.29. The molecule has 2 fully saturated rings. The zero-order chi connectivity index (χ0) is 14.8. The third kappa shape index (κ3) is 3.87. The summed E-state index contributed by atoms with van der Waals surface area (Å²) in [6.07, 6.45) is 6.48. The van der Waals surface area contributed by atoms with Crippen LogP contribution in [0, 0.1) is 11.3 Å². The molecule has 0 aromatic carbocycles. The van der Waals surface area contributed by atoms with E-state index in [9.17, 15) is 14.7 Å². The number of carbonyl (C=O) groups excluding carboxylic acids is 1. The van der Waals surface area contributed by atoms with Gasteiger partial charge < -0.3 is 15.7 Å². The van der Waals surface area contributed by atoms with Crippen LogP contribution in [0.3, 0.4) is 0 Å². The fourth-order valence-corrected chi connectivity index (χ4v) is 3.55. The minimum absolute atomic E-state index is 0.203. The molecule has 114 valence electrons. The maximum Gasteiger partial charge on any atom is 0.315 e. The predicted molar refractivity (Wildman–Crippen MR) is 76.5 cm³/mol. The Hall–Kier alpha value is -1.26. The smallest absolute Gasteiger partial charge is 0.315 e. The van der Waals surface area contributed by atoms with Crippen molar-refractivity contribution in [3.8, 4) is 0 Å². The molecule has 2 amide bonds. The maximum atomic E-state index is 12.0. The molecule has 0 saturated heterocycles. The summed E-state index contributed by atoms with van der Waals surface area (Å²) >= 11 is 0. The Bertz CT molecular complexity index is 381. The van der Waals surface area contributed by atoms with Gasteiger partial charge >= 0.3 is 12.0 Å². The van der Waals surface area contributed by atoms with Crippen molar-refractivity contribution in [2.45, 2.75) is 70.9 Å². The van der Waals surface area contributed by atoms with E-state index in [2.05, 4.69) is 24.5 Å². The van der Waals surface area contributed by atoms with E-state index in [4.69, 9.17) is 0 Å². The Kier molecular flexibility index (Phi) is 4.55. The monoisotopic (exact) mass is 282 g/mol. The van der Waals surface area contributed by atoms with Crippen molar-refractivity contribution < 1.29 is 14.7 Å². The summed E-state index contributed by atoms with van der Waals surface area (Å²) in [5.74, 6) is -1.23. The van der Waals surface area contributed by atoms with E-state index in [0.29, 0.717) is 11.8 Å². The fraction of sp³-hybridized carbons (Fsp3) is 0.867. The van der Waals surface area contributed by atoms with Gasteiger partial charge in [0, 0.05) is 12.1 Å². The molecule has 0 aromatic heterocycles. The molecule has 3 N–H and O–H groups in total. The van der Waals surface area contributed by atoms with Gasteiger partial charge in [-0.15, -0.1) is 0 Å². The van der Waals surface area contributed by atoms with Gasteiger partial charge in [-0.3, -0.25) is 4.79 Å². The first kappa shape index (κ1) is 15.1. The quantitative estimate of drug-likeness (QED) is 0.744. The van der Waals surface area contributed by atoms with Crippen LogP contribution in [0.4, 0.5) is 4.79 Å². The minimum Gasteiger partial charge on any atom is -0.481 e. The van der Waals surface area contributed by atoms with Gasteiger partial charge in [0.05, 0.1) is 5.92 Å². The van der Waals surface area contributed by atoms with Crippen molar-refractivity contribution in [1.29, 1.82) is 0 Å². The van der Waals surface area contributed by atoms with Crippen molar-refractivity contribution in [3.05, 3.63) is 0 Å². The first-order chi connectivity index (χ1) is 9.37. The normalized spacial score (nSPS) is 32.6. The summed E-state index contributed by atoms with van der Waals surface area (Å²) in [6.45, 7) is 4.43. The molecule has 0 spiro atoms. The average Bonchev–Trinajstić information content (AvgIpc) is 2.68. The van der Waals surface area contributed by atoms with E-state index < -0.39 is 11.9 Å². The number of hydrogen-bond donors (Lipinski definition) is 3. The highest BCUT2D eigenvalue weighted by atomic mass is 16.4. The lowest BCUT2D eigenvalue weighted by molar-refractivity contribution is -0.143. The highest BCUT2D eigenvalue weighted by Crippen LogP contribution is 2.36. The average molecular weight is 282 g/mol. The van der Waals surface area contributed by atoms with Crippen molar-refractivity contribution >= 4 is 12.0 Å². The first-order valence-corrected chi connectivity index (χ1v) is 7.67. The Morgan fingerprint density at radius 2 is 1.80 bits per heavy atom.